The molecule has 6 heteroatoms. The average Bonchev–Trinajstić information content (AvgIpc) is 2.16. The highest BCUT2D eigenvalue weighted by molar-refractivity contribution is 7.98. The lowest BCUT2D eigenvalue weighted by molar-refractivity contribution is -0.144. The molecule has 0 spiro atoms. The molecule has 0 saturated carbocycles. The molecule has 1 atom stereocenters. The first kappa shape index (κ1) is 13.2. The van der Waals surface area contributed by atoms with Crippen LogP contribution in [0.25, 0.3) is 0 Å². The maximum absolute atomic E-state index is 11.2. The minimum Gasteiger partial charge on any atom is -0.467 e. The fourth-order valence-electron chi connectivity index (χ4n) is 0.875. The van der Waals surface area contributed by atoms with E-state index in [4.69, 9.17) is 5.73 Å². The van der Waals surface area contributed by atoms with Gasteiger partial charge in [0.1, 0.15) is 6.04 Å². The van der Waals surface area contributed by atoms with Crippen molar-refractivity contribution in [2.24, 2.45) is 5.73 Å². The van der Waals surface area contributed by atoms with Crippen molar-refractivity contribution in [3.8, 4) is 0 Å². The van der Waals surface area contributed by atoms with Crippen LogP contribution >= 0.6 is 11.8 Å². The van der Waals surface area contributed by atoms with Gasteiger partial charge in [0, 0.05) is 18.7 Å². The van der Waals surface area contributed by atoms with Crippen LogP contribution in [0.1, 0.15) is 6.42 Å². The number of hydrogen-bond acceptors (Lipinski definition) is 5. The van der Waals surface area contributed by atoms with Gasteiger partial charge < -0.3 is 15.8 Å². The predicted molar refractivity (Wildman–Crippen MR) is 56.0 cm³/mol. The largest absolute Gasteiger partial charge is 0.467 e. The molecule has 0 fully saturated rings. The Morgan fingerprint density at radius 1 is 1.57 bits per heavy atom. The smallest absolute Gasteiger partial charge is 0.329 e. The molecule has 0 radical (unpaired) electrons. The summed E-state index contributed by atoms with van der Waals surface area (Å²) in [5.74, 6) is -0.148. The third-order valence-corrected chi connectivity index (χ3v) is 2.19. The predicted octanol–water partition coefficient (Wildman–Crippen LogP) is -0.644. The van der Waals surface area contributed by atoms with Crippen LogP contribution in [0.4, 0.5) is 0 Å². The highest BCUT2D eigenvalue weighted by Crippen LogP contribution is 1.99. The third-order valence-electron chi connectivity index (χ3n) is 1.53. The van der Waals surface area contributed by atoms with Crippen molar-refractivity contribution in [3.63, 3.8) is 0 Å². The molecule has 0 aromatic heterocycles. The maximum Gasteiger partial charge on any atom is 0.329 e. The Kier molecular flexibility index (Phi) is 7.23. The van der Waals surface area contributed by atoms with E-state index in [9.17, 15) is 9.59 Å². The van der Waals surface area contributed by atoms with Crippen LogP contribution in [0.15, 0.2) is 0 Å². The van der Waals surface area contributed by atoms with E-state index in [0.29, 0.717) is 5.75 Å². The van der Waals surface area contributed by atoms with Crippen LogP contribution in [0, 0.1) is 0 Å². The van der Waals surface area contributed by atoms with Gasteiger partial charge in [0.15, 0.2) is 0 Å². The Bertz CT molecular complexity index is 199. The van der Waals surface area contributed by atoms with Gasteiger partial charge in [0.25, 0.3) is 0 Å². The Hall–Kier alpha value is -0.750. The van der Waals surface area contributed by atoms with Gasteiger partial charge in [-0.1, -0.05) is 0 Å². The zero-order chi connectivity index (χ0) is 11.0. The summed E-state index contributed by atoms with van der Waals surface area (Å²) < 4.78 is 4.55. The van der Waals surface area contributed by atoms with Crippen LogP contribution in [-0.4, -0.2) is 43.6 Å². The zero-order valence-corrected chi connectivity index (χ0v) is 9.23. The van der Waals surface area contributed by atoms with E-state index >= 15 is 0 Å². The van der Waals surface area contributed by atoms with Gasteiger partial charge in [0.05, 0.1) is 7.11 Å². The quantitative estimate of drug-likeness (QED) is 0.582. The number of nitrogens with two attached hydrogens (primary N) is 1. The van der Waals surface area contributed by atoms with E-state index in [1.807, 2.05) is 6.26 Å². The summed E-state index contributed by atoms with van der Waals surface area (Å²) in [5, 5.41) is 2.56. The van der Waals surface area contributed by atoms with Crippen molar-refractivity contribution >= 4 is 23.6 Å². The number of nitrogens with one attached hydrogen (secondary N) is 1. The number of amides is 1. The van der Waals surface area contributed by atoms with Crippen LogP contribution in [0.3, 0.4) is 0 Å². The number of methoxy groups -OCH3 is 1. The maximum atomic E-state index is 11.2. The summed E-state index contributed by atoms with van der Waals surface area (Å²) in [6.45, 7) is 0.277. The van der Waals surface area contributed by atoms with Gasteiger partial charge in [-0.3, -0.25) is 4.79 Å². The lowest BCUT2D eigenvalue weighted by Gasteiger charge is -2.14. The number of carbonyl (C=O) groups is 2. The SMILES string of the molecule is COC(=O)[C@H](CSC)NC(=O)CCN. The molecule has 0 aliphatic heterocycles. The molecular weight excluding hydrogens is 204 g/mol. The molecule has 0 aliphatic rings. The molecule has 82 valence electrons. The lowest BCUT2D eigenvalue weighted by atomic mass is 10.3. The summed E-state index contributed by atoms with van der Waals surface area (Å²) in [7, 11) is 1.30. The number of thioether (sulfide) groups is 1. The second-order valence-electron chi connectivity index (χ2n) is 2.64. The number of ether oxygens (including phenoxy) is 1. The number of carbonyl (C=O) groups excluding carboxylic acids is 2. The van der Waals surface area contributed by atoms with Crippen molar-refractivity contribution in [2.75, 3.05) is 25.7 Å². The topological polar surface area (TPSA) is 81.4 Å². The molecule has 5 nitrogen and oxygen atoms in total. The summed E-state index contributed by atoms with van der Waals surface area (Å²) in [6, 6.07) is -0.575. The second kappa shape index (κ2) is 7.64. The standard InChI is InChI=1S/C8H16N2O3S/c1-13-8(12)6(5-14-2)10-7(11)3-4-9/h6H,3-5,9H2,1-2H3,(H,10,11)/t6-/m0/s1. The van der Waals surface area contributed by atoms with E-state index in [-0.39, 0.29) is 18.9 Å². The second-order valence-corrected chi connectivity index (χ2v) is 3.55. The van der Waals surface area contributed by atoms with Crippen LogP contribution in [0.5, 0.6) is 0 Å². The molecule has 0 saturated heterocycles. The Balaban J connectivity index is 4.08. The van der Waals surface area contributed by atoms with Crippen molar-refractivity contribution in [3.05, 3.63) is 0 Å². The van der Waals surface area contributed by atoms with Crippen LogP contribution in [-0.2, 0) is 14.3 Å². The highest BCUT2D eigenvalue weighted by Gasteiger charge is 2.20. The van der Waals surface area contributed by atoms with Crippen LogP contribution < -0.4 is 11.1 Å². The summed E-state index contributed by atoms with van der Waals surface area (Å²) in [4.78, 5) is 22.3. The van der Waals surface area contributed by atoms with E-state index < -0.39 is 12.0 Å². The molecular formula is C8H16N2O3S. The zero-order valence-electron chi connectivity index (χ0n) is 8.41. The van der Waals surface area contributed by atoms with Gasteiger partial charge >= 0.3 is 5.97 Å². The molecule has 0 bridgehead atoms. The first-order valence-electron chi connectivity index (χ1n) is 4.21. The summed E-state index contributed by atoms with van der Waals surface area (Å²) in [6.07, 6.45) is 2.08. The Labute approximate surface area is 87.7 Å². The molecule has 0 rings (SSSR count). The van der Waals surface area contributed by atoms with Gasteiger partial charge in [0.2, 0.25) is 5.91 Å². The third kappa shape index (κ3) is 5.08. The Morgan fingerprint density at radius 3 is 2.64 bits per heavy atom. The molecule has 14 heavy (non-hydrogen) atoms. The average molecular weight is 220 g/mol. The normalized spacial score (nSPS) is 11.9. The molecule has 1 amide bonds. The fraction of sp³-hybridized carbons (Fsp3) is 0.750. The van der Waals surface area contributed by atoms with Crippen molar-refractivity contribution in [1.82, 2.24) is 5.32 Å². The lowest BCUT2D eigenvalue weighted by Crippen LogP contribution is -2.43. The number of esters is 1. The fourth-order valence-corrected chi connectivity index (χ4v) is 1.43. The van der Waals surface area contributed by atoms with Gasteiger partial charge in [-0.2, -0.15) is 11.8 Å². The van der Waals surface area contributed by atoms with E-state index in [0.717, 1.165) is 0 Å². The van der Waals surface area contributed by atoms with Crippen LogP contribution in [0.2, 0.25) is 0 Å². The molecule has 0 aliphatic carbocycles. The minimum atomic E-state index is -0.575. The summed E-state index contributed by atoms with van der Waals surface area (Å²) in [5.41, 5.74) is 5.21. The van der Waals surface area contributed by atoms with E-state index in [2.05, 4.69) is 10.1 Å². The minimum absolute atomic E-state index is 0.224. The highest BCUT2D eigenvalue weighted by atomic mass is 32.2. The summed E-state index contributed by atoms with van der Waals surface area (Å²) >= 11 is 1.47. The van der Waals surface area contributed by atoms with E-state index in [1.54, 1.807) is 0 Å². The molecule has 0 heterocycles. The monoisotopic (exact) mass is 220 g/mol. The van der Waals surface area contributed by atoms with Gasteiger partial charge in [-0.05, 0) is 6.26 Å². The Morgan fingerprint density at radius 2 is 2.21 bits per heavy atom. The first-order chi connectivity index (χ1) is 6.65. The van der Waals surface area contributed by atoms with Crippen molar-refractivity contribution in [2.45, 2.75) is 12.5 Å². The molecule has 0 aromatic carbocycles. The molecule has 0 unspecified atom stereocenters. The molecule has 3 N–H and O–H groups in total. The number of rotatable bonds is 6. The van der Waals surface area contributed by atoms with Gasteiger partial charge in [-0.15, -0.1) is 0 Å². The number of hydrogen-bond donors (Lipinski definition) is 2. The van der Waals surface area contributed by atoms with Gasteiger partial charge in [-0.25, -0.2) is 4.79 Å². The van der Waals surface area contributed by atoms with E-state index in [1.165, 1.54) is 18.9 Å². The van der Waals surface area contributed by atoms with Crippen molar-refractivity contribution in [1.29, 1.82) is 0 Å². The molecule has 0 aromatic rings. The first-order valence-corrected chi connectivity index (χ1v) is 5.61. The van der Waals surface area contributed by atoms with Crippen molar-refractivity contribution < 1.29 is 14.3 Å².